The van der Waals surface area contributed by atoms with Crippen LogP contribution in [0.25, 0.3) is 0 Å². The first-order valence-corrected chi connectivity index (χ1v) is 8.42. The van der Waals surface area contributed by atoms with Gasteiger partial charge in [0.2, 0.25) is 0 Å². The summed E-state index contributed by atoms with van der Waals surface area (Å²) in [6, 6.07) is 8.86. The van der Waals surface area contributed by atoms with Crippen LogP contribution in [0.4, 0.5) is 0 Å². The molecule has 0 amide bonds. The largest absolute Gasteiger partial charge is 0.496 e. The molecule has 0 saturated heterocycles. The first-order chi connectivity index (χ1) is 9.65. The Kier molecular flexibility index (Phi) is 5.64. The van der Waals surface area contributed by atoms with Gasteiger partial charge in [0.1, 0.15) is 5.75 Å². The number of rotatable bonds is 6. The van der Waals surface area contributed by atoms with Crippen molar-refractivity contribution in [2.45, 2.75) is 26.3 Å². The lowest BCUT2D eigenvalue weighted by Gasteiger charge is -2.18. The van der Waals surface area contributed by atoms with Gasteiger partial charge >= 0.3 is 0 Å². The lowest BCUT2D eigenvalue weighted by atomic mass is 10.0. The summed E-state index contributed by atoms with van der Waals surface area (Å²) in [6.07, 6.45) is 0.984. The van der Waals surface area contributed by atoms with Crippen LogP contribution < -0.4 is 10.1 Å². The fraction of sp³-hybridized carbons (Fsp3) is 0.375. The van der Waals surface area contributed by atoms with Crippen LogP contribution in [0.15, 0.2) is 34.1 Å². The van der Waals surface area contributed by atoms with Crippen molar-refractivity contribution in [2.24, 2.45) is 0 Å². The second kappa shape index (κ2) is 7.25. The molecule has 1 heterocycles. The SMILES string of the molecule is CCNC(Cc1ccc(OC)c(Br)c1)c1sccc1C. The fourth-order valence-corrected chi connectivity index (χ4v) is 3.91. The Labute approximate surface area is 133 Å². The van der Waals surface area contributed by atoms with Gasteiger partial charge in [-0.1, -0.05) is 13.0 Å². The topological polar surface area (TPSA) is 21.3 Å². The molecule has 0 aliphatic carbocycles. The van der Waals surface area contributed by atoms with Crippen LogP contribution in [0.2, 0.25) is 0 Å². The summed E-state index contributed by atoms with van der Waals surface area (Å²) >= 11 is 5.39. The normalized spacial score (nSPS) is 12.4. The summed E-state index contributed by atoms with van der Waals surface area (Å²) in [4.78, 5) is 1.43. The van der Waals surface area contributed by atoms with Crippen molar-refractivity contribution in [1.29, 1.82) is 0 Å². The van der Waals surface area contributed by atoms with Gasteiger partial charge in [0, 0.05) is 10.9 Å². The Bertz CT molecular complexity index is 567. The van der Waals surface area contributed by atoms with Crippen LogP contribution in [0, 0.1) is 6.92 Å². The van der Waals surface area contributed by atoms with E-state index in [1.165, 1.54) is 16.0 Å². The number of nitrogens with one attached hydrogen (secondary N) is 1. The Hall–Kier alpha value is -0.840. The van der Waals surface area contributed by atoms with Crippen LogP contribution in [0.3, 0.4) is 0 Å². The van der Waals surface area contributed by atoms with Gasteiger partial charge in [-0.25, -0.2) is 0 Å². The first kappa shape index (κ1) is 15.5. The minimum absolute atomic E-state index is 0.375. The molecule has 2 nitrogen and oxygen atoms in total. The maximum atomic E-state index is 5.28. The molecule has 0 bridgehead atoms. The zero-order valence-electron chi connectivity index (χ0n) is 12.1. The van der Waals surface area contributed by atoms with E-state index in [1.807, 2.05) is 17.4 Å². The number of halogens is 1. The maximum absolute atomic E-state index is 5.28. The van der Waals surface area contributed by atoms with Crippen LogP contribution in [-0.2, 0) is 6.42 Å². The van der Waals surface area contributed by atoms with Gasteiger partial charge in [-0.2, -0.15) is 0 Å². The van der Waals surface area contributed by atoms with Gasteiger partial charge in [-0.05, 0) is 70.5 Å². The molecule has 108 valence electrons. The third-order valence-corrected chi connectivity index (χ3v) is 5.08. The first-order valence-electron chi connectivity index (χ1n) is 6.75. The van der Waals surface area contributed by atoms with Crippen molar-refractivity contribution < 1.29 is 4.74 Å². The maximum Gasteiger partial charge on any atom is 0.133 e. The van der Waals surface area contributed by atoms with Crippen molar-refractivity contribution >= 4 is 27.3 Å². The van der Waals surface area contributed by atoms with Gasteiger partial charge < -0.3 is 10.1 Å². The lowest BCUT2D eigenvalue weighted by Crippen LogP contribution is -2.22. The highest BCUT2D eigenvalue weighted by Crippen LogP contribution is 2.30. The Balaban J connectivity index is 2.20. The van der Waals surface area contributed by atoms with E-state index in [0.717, 1.165) is 23.2 Å². The van der Waals surface area contributed by atoms with E-state index < -0.39 is 0 Å². The average molecular weight is 354 g/mol. The van der Waals surface area contributed by atoms with Crippen molar-refractivity contribution in [2.75, 3.05) is 13.7 Å². The molecule has 2 rings (SSSR count). The molecule has 1 aromatic carbocycles. The van der Waals surface area contributed by atoms with E-state index in [0.29, 0.717) is 6.04 Å². The summed E-state index contributed by atoms with van der Waals surface area (Å²) in [5.74, 6) is 0.876. The zero-order chi connectivity index (χ0) is 14.5. The molecule has 0 aliphatic heterocycles. The second-order valence-corrected chi connectivity index (χ2v) is 6.55. The van der Waals surface area contributed by atoms with Crippen LogP contribution in [0.5, 0.6) is 5.75 Å². The number of ether oxygens (including phenoxy) is 1. The minimum atomic E-state index is 0.375. The summed E-state index contributed by atoms with van der Waals surface area (Å²) in [5.41, 5.74) is 2.67. The quantitative estimate of drug-likeness (QED) is 0.810. The average Bonchev–Trinajstić information content (AvgIpc) is 2.85. The molecular weight excluding hydrogens is 334 g/mol. The molecule has 0 fully saturated rings. The van der Waals surface area contributed by atoms with Crippen molar-refractivity contribution in [1.82, 2.24) is 5.32 Å². The highest BCUT2D eigenvalue weighted by molar-refractivity contribution is 9.10. The number of methoxy groups -OCH3 is 1. The smallest absolute Gasteiger partial charge is 0.133 e. The fourth-order valence-electron chi connectivity index (χ4n) is 2.32. The van der Waals surface area contributed by atoms with E-state index >= 15 is 0 Å². The molecule has 1 unspecified atom stereocenters. The van der Waals surface area contributed by atoms with E-state index in [9.17, 15) is 0 Å². The molecule has 1 N–H and O–H groups in total. The van der Waals surface area contributed by atoms with Crippen LogP contribution >= 0.6 is 27.3 Å². The number of benzene rings is 1. The van der Waals surface area contributed by atoms with Gasteiger partial charge in [-0.15, -0.1) is 11.3 Å². The molecule has 0 spiro atoms. The van der Waals surface area contributed by atoms with E-state index in [1.54, 1.807) is 7.11 Å². The molecule has 2 aromatic rings. The number of thiophene rings is 1. The molecule has 0 saturated carbocycles. The third-order valence-electron chi connectivity index (χ3n) is 3.32. The molecule has 1 atom stereocenters. The number of hydrogen-bond acceptors (Lipinski definition) is 3. The predicted octanol–water partition coefficient (Wildman–Crippen LogP) is 4.72. The zero-order valence-corrected chi connectivity index (χ0v) is 14.5. The summed E-state index contributed by atoms with van der Waals surface area (Å²) < 4.78 is 6.29. The van der Waals surface area contributed by atoms with Gasteiger partial charge in [-0.3, -0.25) is 0 Å². The van der Waals surface area contributed by atoms with Gasteiger partial charge in [0.15, 0.2) is 0 Å². The lowest BCUT2D eigenvalue weighted by molar-refractivity contribution is 0.412. The van der Waals surface area contributed by atoms with Gasteiger partial charge in [0.25, 0.3) is 0 Å². The summed E-state index contributed by atoms with van der Waals surface area (Å²) in [7, 11) is 1.69. The van der Waals surface area contributed by atoms with E-state index in [2.05, 4.69) is 58.7 Å². The monoisotopic (exact) mass is 353 g/mol. The number of aryl methyl sites for hydroxylation is 1. The Morgan fingerprint density at radius 2 is 2.15 bits per heavy atom. The van der Waals surface area contributed by atoms with Crippen molar-refractivity contribution in [3.8, 4) is 5.75 Å². The summed E-state index contributed by atoms with van der Waals surface area (Å²) in [6.45, 7) is 5.30. The highest BCUT2D eigenvalue weighted by atomic mass is 79.9. The minimum Gasteiger partial charge on any atom is -0.496 e. The van der Waals surface area contributed by atoms with E-state index in [-0.39, 0.29) is 0 Å². The standard InChI is InChI=1S/C16H20BrNOS/c1-4-18-14(16-11(2)7-8-20-16)10-12-5-6-15(19-3)13(17)9-12/h5-9,14,18H,4,10H2,1-3H3. The third kappa shape index (κ3) is 3.62. The highest BCUT2D eigenvalue weighted by Gasteiger charge is 2.15. The second-order valence-electron chi connectivity index (χ2n) is 4.75. The molecule has 4 heteroatoms. The number of likely N-dealkylation sites (N-methyl/N-ethyl adjacent to an activating group) is 1. The predicted molar refractivity (Wildman–Crippen MR) is 89.9 cm³/mol. The van der Waals surface area contributed by atoms with Gasteiger partial charge in [0.05, 0.1) is 11.6 Å². The van der Waals surface area contributed by atoms with E-state index in [4.69, 9.17) is 4.74 Å². The van der Waals surface area contributed by atoms with Crippen LogP contribution in [0.1, 0.15) is 29.0 Å². The van der Waals surface area contributed by atoms with Crippen molar-refractivity contribution in [3.63, 3.8) is 0 Å². The van der Waals surface area contributed by atoms with Crippen LogP contribution in [-0.4, -0.2) is 13.7 Å². The summed E-state index contributed by atoms with van der Waals surface area (Å²) in [5, 5.41) is 5.75. The Morgan fingerprint density at radius 1 is 1.35 bits per heavy atom. The molecule has 1 aromatic heterocycles. The molecule has 20 heavy (non-hydrogen) atoms. The van der Waals surface area contributed by atoms with Crippen molar-refractivity contribution in [3.05, 3.63) is 50.1 Å². The molecule has 0 aliphatic rings. The Morgan fingerprint density at radius 3 is 2.70 bits per heavy atom. The molecule has 0 radical (unpaired) electrons. The number of hydrogen-bond donors (Lipinski definition) is 1. The molecular formula is C16H20BrNOS.